The second-order valence-electron chi connectivity index (χ2n) is 5.13. The highest BCUT2D eigenvalue weighted by atomic mass is 35.5. The molecule has 4 heteroatoms. The first kappa shape index (κ1) is 12.8. The van der Waals surface area contributed by atoms with Gasteiger partial charge in [0.2, 0.25) is 0 Å². The number of aryl methyl sites for hydroxylation is 1. The number of hydrogen-bond acceptors (Lipinski definition) is 0. The van der Waals surface area contributed by atoms with Crippen LogP contribution in [0.5, 0.6) is 0 Å². The summed E-state index contributed by atoms with van der Waals surface area (Å²) in [7, 11) is 2.06. The fraction of sp³-hybridized carbons (Fsp3) is 0.0588. The zero-order valence-corrected chi connectivity index (χ0v) is 12.9. The largest absolute Gasteiger partial charge is 0.329 e. The number of para-hydroxylation sites is 1. The second-order valence-corrected chi connectivity index (χ2v) is 5.95. The molecule has 2 aromatic heterocycles. The lowest BCUT2D eigenvalue weighted by atomic mass is 10.1. The Morgan fingerprint density at radius 3 is 2.52 bits per heavy atom. The lowest BCUT2D eigenvalue weighted by molar-refractivity contribution is 0.968. The van der Waals surface area contributed by atoms with Gasteiger partial charge in [-0.3, -0.25) is 0 Å². The molecular weight excluding hydrogens is 303 g/mol. The van der Waals surface area contributed by atoms with Crippen LogP contribution in [0.15, 0.2) is 54.7 Å². The van der Waals surface area contributed by atoms with Crippen molar-refractivity contribution >= 4 is 39.8 Å². The van der Waals surface area contributed by atoms with Gasteiger partial charge in [-0.05, 0) is 24.3 Å². The molecule has 0 unspecified atom stereocenters. The molecule has 0 spiro atoms. The monoisotopic (exact) mass is 314 g/mol. The summed E-state index contributed by atoms with van der Waals surface area (Å²) in [6.07, 6.45) is 2.14. The molecule has 0 aliphatic carbocycles. The molecule has 4 rings (SSSR count). The van der Waals surface area contributed by atoms with Gasteiger partial charge in [0.15, 0.2) is 0 Å². The Morgan fingerprint density at radius 1 is 0.905 bits per heavy atom. The summed E-state index contributed by atoms with van der Waals surface area (Å²) >= 11 is 12.1. The molecule has 0 fully saturated rings. The first-order valence-corrected chi connectivity index (χ1v) is 7.42. The molecule has 104 valence electrons. The van der Waals surface area contributed by atoms with Gasteiger partial charge in [0.25, 0.3) is 0 Å². The molecule has 2 nitrogen and oxygen atoms in total. The van der Waals surface area contributed by atoms with Gasteiger partial charge < -0.3 is 8.97 Å². The summed E-state index contributed by atoms with van der Waals surface area (Å²) in [4.78, 5) is 0. The van der Waals surface area contributed by atoms with Gasteiger partial charge in [0, 0.05) is 24.2 Å². The first-order chi connectivity index (χ1) is 10.1. The zero-order valence-electron chi connectivity index (χ0n) is 11.3. The normalized spacial score (nSPS) is 11.6. The van der Waals surface area contributed by atoms with Gasteiger partial charge in [-0.25, -0.2) is 0 Å². The second kappa shape index (κ2) is 4.55. The van der Waals surface area contributed by atoms with Gasteiger partial charge in [0.05, 0.1) is 21.3 Å². The molecule has 2 aromatic carbocycles. The van der Waals surface area contributed by atoms with E-state index in [1.54, 1.807) is 0 Å². The Hall–Kier alpha value is -1.90. The highest BCUT2D eigenvalue weighted by Gasteiger charge is 2.12. The highest BCUT2D eigenvalue weighted by molar-refractivity contribution is 6.42. The Morgan fingerprint density at radius 2 is 1.71 bits per heavy atom. The van der Waals surface area contributed by atoms with Crippen molar-refractivity contribution in [1.82, 2.24) is 8.97 Å². The maximum Gasteiger partial charge on any atom is 0.118 e. The fourth-order valence-corrected chi connectivity index (χ4v) is 3.11. The lowest BCUT2D eigenvalue weighted by Gasteiger charge is -2.04. The molecule has 0 aliphatic heterocycles. The van der Waals surface area contributed by atoms with Crippen molar-refractivity contribution in [1.29, 1.82) is 0 Å². The van der Waals surface area contributed by atoms with E-state index < -0.39 is 0 Å². The Balaban J connectivity index is 2.01. The maximum atomic E-state index is 6.14. The number of rotatable bonds is 1. The van der Waals surface area contributed by atoms with Crippen molar-refractivity contribution in [2.24, 2.45) is 7.05 Å². The van der Waals surface area contributed by atoms with E-state index in [9.17, 15) is 0 Å². The van der Waals surface area contributed by atoms with Crippen LogP contribution in [-0.2, 0) is 7.05 Å². The Kier molecular flexibility index (Phi) is 2.78. The molecule has 2 heterocycles. The van der Waals surface area contributed by atoms with Gasteiger partial charge in [-0.15, -0.1) is 0 Å². The van der Waals surface area contributed by atoms with Crippen LogP contribution >= 0.6 is 23.2 Å². The van der Waals surface area contributed by atoms with E-state index in [0.717, 1.165) is 16.9 Å². The summed E-state index contributed by atoms with van der Waals surface area (Å²) in [5, 5.41) is 2.39. The van der Waals surface area contributed by atoms with Crippen molar-refractivity contribution in [2.45, 2.75) is 0 Å². The van der Waals surface area contributed by atoms with Crippen LogP contribution in [0.3, 0.4) is 0 Å². The summed E-state index contributed by atoms with van der Waals surface area (Å²) in [6, 6.07) is 16.3. The molecule has 0 saturated carbocycles. The first-order valence-electron chi connectivity index (χ1n) is 6.66. The smallest absolute Gasteiger partial charge is 0.118 e. The number of hydrogen-bond donors (Lipinski definition) is 0. The van der Waals surface area contributed by atoms with Crippen LogP contribution < -0.4 is 0 Å². The number of nitrogens with zero attached hydrogens (tertiary/aromatic N) is 2. The van der Waals surface area contributed by atoms with Gasteiger partial charge >= 0.3 is 0 Å². The third-order valence-electron chi connectivity index (χ3n) is 3.90. The van der Waals surface area contributed by atoms with Crippen molar-refractivity contribution in [2.75, 3.05) is 0 Å². The predicted octanol–water partition coefficient (Wildman–Crippen LogP) is 5.40. The fourth-order valence-electron chi connectivity index (χ4n) is 2.81. The van der Waals surface area contributed by atoms with E-state index in [2.05, 4.69) is 52.5 Å². The average Bonchev–Trinajstić information content (AvgIpc) is 3.00. The molecule has 4 aromatic rings. The van der Waals surface area contributed by atoms with Crippen molar-refractivity contribution in [3.63, 3.8) is 0 Å². The van der Waals surface area contributed by atoms with Gasteiger partial charge in [-0.1, -0.05) is 47.5 Å². The summed E-state index contributed by atoms with van der Waals surface area (Å²) in [6.45, 7) is 0. The average molecular weight is 315 g/mol. The molecule has 21 heavy (non-hydrogen) atoms. The Bertz CT molecular complexity index is 979. The van der Waals surface area contributed by atoms with Crippen LogP contribution in [0.4, 0.5) is 0 Å². The standard InChI is InChI=1S/C17H12Cl2N2/c1-20-16(12-6-7-13(18)14(19)8-12)10-21-15-5-3-2-4-11(15)9-17(20)21/h2-10H,1H3. The maximum absolute atomic E-state index is 6.14. The minimum Gasteiger partial charge on any atom is -0.329 e. The number of fused-ring (bicyclic) bond motifs is 3. The third-order valence-corrected chi connectivity index (χ3v) is 4.64. The number of benzene rings is 2. The SMILES string of the molecule is Cn1c(-c2ccc(Cl)c(Cl)c2)cn2c3ccccc3cc12. The van der Waals surface area contributed by atoms with Crippen LogP contribution in [0, 0.1) is 0 Å². The van der Waals surface area contributed by atoms with Gasteiger partial charge in [-0.2, -0.15) is 0 Å². The predicted molar refractivity (Wildman–Crippen MR) is 89.3 cm³/mol. The topological polar surface area (TPSA) is 9.34 Å². The third kappa shape index (κ3) is 1.87. The summed E-state index contributed by atoms with van der Waals surface area (Å²) in [5.74, 6) is 0. The molecule has 0 N–H and O–H groups in total. The van der Waals surface area contributed by atoms with E-state index in [1.165, 1.54) is 10.9 Å². The van der Waals surface area contributed by atoms with Crippen molar-refractivity contribution in [3.05, 3.63) is 64.8 Å². The minimum atomic E-state index is 0.574. The summed E-state index contributed by atoms with van der Waals surface area (Å²) in [5.41, 5.74) is 4.51. The lowest BCUT2D eigenvalue weighted by Crippen LogP contribution is -1.90. The van der Waals surface area contributed by atoms with Crippen molar-refractivity contribution in [3.8, 4) is 11.3 Å². The highest BCUT2D eigenvalue weighted by Crippen LogP contribution is 2.31. The van der Waals surface area contributed by atoms with E-state index in [4.69, 9.17) is 23.2 Å². The van der Waals surface area contributed by atoms with Gasteiger partial charge in [0.1, 0.15) is 5.65 Å². The quantitative estimate of drug-likeness (QED) is 0.444. The van der Waals surface area contributed by atoms with Crippen LogP contribution in [-0.4, -0.2) is 8.97 Å². The molecule has 0 amide bonds. The van der Waals surface area contributed by atoms with E-state index in [1.807, 2.05) is 18.2 Å². The molecule has 0 aliphatic rings. The molecule has 0 bridgehead atoms. The minimum absolute atomic E-state index is 0.574. The zero-order chi connectivity index (χ0) is 14.6. The van der Waals surface area contributed by atoms with E-state index in [-0.39, 0.29) is 0 Å². The van der Waals surface area contributed by atoms with E-state index in [0.29, 0.717) is 10.0 Å². The molecule has 0 saturated heterocycles. The van der Waals surface area contributed by atoms with Crippen LogP contribution in [0.25, 0.3) is 27.8 Å². The number of imidazole rings is 1. The van der Waals surface area contributed by atoms with E-state index >= 15 is 0 Å². The summed E-state index contributed by atoms with van der Waals surface area (Å²) < 4.78 is 4.37. The van der Waals surface area contributed by atoms with Crippen LogP contribution in [0.1, 0.15) is 0 Å². The van der Waals surface area contributed by atoms with Crippen LogP contribution in [0.2, 0.25) is 10.0 Å². The number of halogens is 2. The van der Waals surface area contributed by atoms with Crippen molar-refractivity contribution < 1.29 is 0 Å². The number of aromatic nitrogens is 2. The Labute approximate surface area is 132 Å². The molecule has 0 atom stereocenters. The molecule has 0 radical (unpaired) electrons. The molecular formula is C17H12Cl2N2.